The zero-order valence-corrected chi connectivity index (χ0v) is 9.57. The van der Waals surface area contributed by atoms with E-state index in [0.29, 0.717) is 6.04 Å². The lowest BCUT2D eigenvalue weighted by molar-refractivity contribution is 0.0818. The topological polar surface area (TPSA) is 23.5 Å². The van der Waals surface area contributed by atoms with Crippen molar-refractivity contribution in [3.63, 3.8) is 0 Å². The normalized spacial score (nSPS) is 47.0. The van der Waals surface area contributed by atoms with Gasteiger partial charge in [0.1, 0.15) is 0 Å². The van der Waals surface area contributed by atoms with Crippen LogP contribution in [0.15, 0.2) is 0 Å². The number of nitrogens with zero attached hydrogens (tertiary/aromatic N) is 1. The Kier molecular flexibility index (Phi) is 2.73. The molecule has 4 atom stereocenters. The van der Waals surface area contributed by atoms with Crippen molar-refractivity contribution in [2.24, 2.45) is 11.8 Å². The quantitative estimate of drug-likeness (QED) is 0.714. The van der Waals surface area contributed by atoms with Crippen LogP contribution in [0.4, 0.5) is 0 Å². The van der Waals surface area contributed by atoms with Gasteiger partial charge < -0.3 is 5.11 Å². The average Bonchev–Trinajstić information content (AvgIpc) is 2.82. The van der Waals surface area contributed by atoms with Crippen LogP contribution in [-0.2, 0) is 0 Å². The number of likely N-dealkylation sites (tertiary alicyclic amines) is 1. The first-order chi connectivity index (χ1) is 7.34. The molecule has 3 rings (SSSR count). The zero-order valence-electron chi connectivity index (χ0n) is 9.57. The first-order valence-electron chi connectivity index (χ1n) is 6.77. The molecule has 3 aliphatic rings. The monoisotopic (exact) mass is 209 g/mol. The maximum atomic E-state index is 9.94. The van der Waals surface area contributed by atoms with Crippen LogP contribution in [-0.4, -0.2) is 35.2 Å². The molecule has 0 aromatic rings. The van der Waals surface area contributed by atoms with E-state index in [9.17, 15) is 5.11 Å². The van der Waals surface area contributed by atoms with Crippen LogP contribution in [0.3, 0.4) is 0 Å². The first-order valence-corrected chi connectivity index (χ1v) is 6.77. The molecule has 3 fully saturated rings. The van der Waals surface area contributed by atoms with Gasteiger partial charge in [-0.3, -0.25) is 4.90 Å². The van der Waals surface area contributed by atoms with E-state index in [1.807, 2.05) is 0 Å². The van der Waals surface area contributed by atoms with Crippen LogP contribution in [0.1, 0.15) is 44.9 Å². The summed E-state index contributed by atoms with van der Waals surface area (Å²) in [6, 6.07) is 0.510. The van der Waals surface area contributed by atoms with Crippen molar-refractivity contribution in [1.29, 1.82) is 0 Å². The largest absolute Gasteiger partial charge is 0.391 e. The Balaban J connectivity index is 1.64. The van der Waals surface area contributed by atoms with Gasteiger partial charge in [0, 0.05) is 19.1 Å². The van der Waals surface area contributed by atoms with E-state index >= 15 is 0 Å². The molecule has 1 N–H and O–H groups in total. The molecule has 1 heterocycles. The second-order valence-corrected chi connectivity index (χ2v) is 5.82. The fourth-order valence-corrected chi connectivity index (χ4v) is 4.06. The molecule has 0 radical (unpaired) electrons. The number of aliphatic hydroxyl groups is 1. The molecule has 0 aromatic carbocycles. The number of rotatable bonds is 1. The van der Waals surface area contributed by atoms with Crippen LogP contribution < -0.4 is 0 Å². The van der Waals surface area contributed by atoms with Crippen LogP contribution >= 0.6 is 0 Å². The van der Waals surface area contributed by atoms with Crippen LogP contribution in [0.2, 0.25) is 0 Å². The minimum absolute atomic E-state index is 0.0230. The molecule has 1 aliphatic heterocycles. The van der Waals surface area contributed by atoms with E-state index in [1.54, 1.807) is 0 Å². The summed E-state index contributed by atoms with van der Waals surface area (Å²) in [7, 11) is 0. The molecule has 15 heavy (non-hydrogen) atoms. The second kappa shape index (κ2) is 4.06. The highest BCUT2D eigenvalue weighted by Crippen LogP contribution is 2.39. The molecular weight excluding hydrogens is 186 g/mol. The third-order valence-corrected chi connectivity index (χ3v) is 4.92. The van der Waals surface area contributed by atoms with Gasteiger partial charge in [0.25, 0.3) is 0 Å². The van der Waals surface area contributed by atoms with Crippen molar-refractivity contribution in [2.45, 2.75) is 57.1 Å². The molecule has 0 aromatic heterocycles. The lowest BCUT2D eigenvalue weighted by atomic mass is 9.82. The summed E-state index contributed by atoms with van der Waals surface area (Å²) in [6.45, 7) is 2.57. The predicted octanol–water partition coefficient (Wildman–Crippen LogP) is 2.02. The standard InChI is InChI=1S/C13H23NO/c15-13-7-3-6-12(13)14-8-10-4-1-2-5-11(10)9-14/h10-13,15H,1-9H2/t10?,11?,12-,13-/m0/s1. The highest BCUT2D eigenvalue weighted by Gasteiger charge is 2.40. The van der Waals surface area contributed by atoms with Gasteiger partial charge in [-0.1, -0.05) is 12.8 Å². The van der Waals surface area contributed by atoms with Crippen molar-refractivity contribution < 1.29 is 5.11 Å². The molecule has 2 saturated carbocycles. The van der Waals surface area contributed by atoms with Crippen LogP contribution in [0.5, 0.6) is 0 Å². The Hall–Kier alpha value is -0.0800. The van der Waals surface area contributed by atoms with Crippen molar-refractivity contribution in [3.05, 3.63) is 0 Å². The van der Waals surface area contributed by atoms with Crippen molar-refractivity contribution in [2.75, 3.05) is 13.1 Å². The Bertz CT molecular complexity index is 217. The fourth-order valence-electron chi connectivity index (χ4n) is 4.06. The van der Waals surface area contributed by atoms with Crippen LogP contribution in [0, 0.1) is 11.8 Å². The smallest absolute Gasteiger partial charge is 0.0695 e. The van der Waals surface area contributed by atoms with Gasteiger partial charge >= 0.3 is 0 Å². The number of fused-ring (bicyclic) bond motifs is 1. The summed E-state index contributed by atoms with van der Waals surface area (Å²) < 4.78 is 0. The third kappa shape index (κ3) is 1.83. The lowest BCUT2D eigenvalue weighted by Crippen LogP contribution is -2.39. The average molecular weight is 209 g/mol. The highest BCUT2D eigenvalue weighted by atomic mass is 16.3. The summed E-state index contributed by atoms with van der Waals surface area (Å²) in [5.74, 6) is 1.93. The van der Waals surface area contributed by atoms with Gasteiger partial charge in [0.2, 0.25) is 0 Å². The molecule has 2 aliphatic carbocycles. The Morgan fingerprint density at radius 2 is 1.47 bits per heavy atom. The molecule has 2 unspecified atom stereocenters. The van der Waals surface area contributed by atoms with E-state index in [0.717, 1.165) is 18.3 Å². The van der Waals surface area contributed by atoms with Crippen molar-refractivity contribution in [3.8, 4) is 0 Å². The molecular formula is C13H23NO. The lowest BCUT2D eigenvalue weighted by Gasteiger charge is -2.26. The van der Waals surface area contributed by atoms with Gasteiger partial charge in [0.05, 0.1) is 6.10 Å². The predicted molar refractivity (Wildman–Crippen MR) is 60.7 cm³/mol. The summed E-state index contributed by atoms with van der Waals surface area (Å²) in [5.41, 5.74) is 0. The molecule has 86 valence electrons. The van der Waals surface area contributed by atoms with Crippen molar-refractivity contribution in [1.82, 2.24) is 4.90 Å². The van der Waals surface area contributed by atoms with Crippen molar-refractivity contribution >= 4 is 0 Å². The first kappa shape index (κ1) is 10.1. The zero-order chi connectivity index (χ0) is 10.3. The van der Waals surface area contributed by atoms with E-state index < -0.39 is 0 Å². The minimum atomic E-state index is -0.0230. The van der Waals surface area contributed by atoms with Crippen LogP contribution in [0.25, 0.3) is 0 Å². The molecule has 0 bridgehead atoms. The Morgan fingerprint density at radius 3 is 2.00 bits per heavy atom. The van der Waals surface area contributed by atoms with E-state index in [1.165, 1.54) is 51.6 Å². The second-order valence-electron chi connectivity index (χ2n) is 5.82. The molecule has 2 nitrogen and oxygen atoms in total. The molecule has 0 amide bonds. The van der Waals surface area contributed by atoms with Gasteiger partial charge in [-0.15, -0.1) is 0 Å². The SMILES string of the molecule is O[C@H]1CCC[C@@H]1N1CC2CCCCC2C1. The number of hydrogen-bond acceptors (Lipinski definition) is 2. The maximum absolute atomic E-state index is 9.94. The number of aliphatic hydroxyl groups excluding tert-OH is 1. The highest BCUT2D eigenvalue weighted by molar-refractivity contribution is 4.93. The molecule has 0 spiro atoms. The Morgan fingerprint density at radius 1 is 0.800 bits per heavy atom. The Labute approximate surface area is 92.7 Å². The maximum Gasteiger partial charge on any atom is 0.0695 e. The summed E-state index contributed by atoms with van der Waals surface area (Å²) in [4.78, 5) is 2.61. The van der Waals surface area contributed by atoms with Gasteiger partial charge in [-0.2, -0.15) is 0 Å². The van der Waals surface area contributed by atoms with E-state index in [2.05, 4.69) is 4.90 Å². The van der Waals surface area contributed by atoms with Gasteiger partial charge in [-0.05, 0) is 43.9 Å². The third-order valence-electron chi connectivity index (χ3n) is 4.92. The van der Waals surface area contributed by atoms with Gasteiger partial charge in [0.15, 0.2) is 0 Å². The summed E-state index contributed by atoms with van der Waals surface area (Å²) in [5, 5.41) is 9.94. The van der Waals surface area contributed by atoms with Gasteiger partial charge in [-0.25, -0.2) is 0 Å². The minimum Gasteiger partial charge on any atom is -0.391 e. The fraction of sp³-hybridized carbons (Fsp3) is 1.00. The summed E-state index contributed by atoms with van der Waals surface area (Å²) >= 11 is 0. The number of hydrogen-bond donors (Lipinski definition) is 1. The molecule has 1 saturated heterocycles. The van der Waals surface area contributed by atoms with E-state index in [4.69, 9.17) is 0 Å². The van der Waals surface area contributed by atoms with E-state index in [-0.39, 0.29) is 6.10 Å². The molecule has 2 heteroatoms. The summed E-state index contributed by atoms with van der Waals surface area (Å²) in [6.07, 6.45) is 9.28.